The Bertz CT molecular complexity index is 663. The predicted molar refractivity (Wildman–Crippen MR) is 87.9 cm³/mol. The van der Waals surface area contributed by atoms with E-state index in [1.807, 2.05) is 31.2 Å². The highest BCUT2D eigenvalue weighted by molar-refractivity contribution is 5.60. The van der Waals surface area contributed by atoms with Crippen molar-refractivity contribution in [3.05, 3.63) is 46.2 Å². The highest BCUT2D eigenvalue weighted by Gasteiger charge is 2.09. The molecule has 2 aromatic rings. The second-order valence-corrected chi connectivity index (χ2v) is 5.16. The normalized spacial score (nSPS) is 10.7. The van der Waals surface area contributed by atoms with Gasteiger partial charge in [-0.25, -0.2) is 4.68 Å². The van der Waals surface area contributed by atoms with E-state index in [4.69, 9.17) is 10.5 Å². The Balaban J connectivity index is 2.35. The van der Waals surface area contributed by atoms with Gasteiger partial charge in [0.2, 0.25) is 0 Å². The summed E-state index contributed by atoms with van der Waals surface area (Å²) in [4.78, 5) is 12.1. The molecule has 2 rings (SSSR count). The van der Waals surface area contributed by atoms with Crippen LogP contribution in [0.3, 0.4) is 0 Å². The first-order chi connectivity index (χ1) is 10.7. The summed E-state index contributed by atoms with van der Waals surface area (Å²) in [5.41, 5.74) is 7.87. The van der Waals surface area contributed by atoms with E-state index in [9.17, 15) is 4.79 Å². The van der Waals surface area contributed by atoms with Gasteiger partial charge in [-0.2, -0.15) is 5.10 Å². The van der Waals surface area contributed by atoms with Crippen molar-refractivity contribution in [3.63, 3.8) is 0 Å². The number of nitrogens with two attached hydrogens (primary N) is 1. The van der Waals surface area contributed by atoms with Gasteiger partial charge >= 0.3 is 0 Å². The third kappa shape index (κ3) is 3.74. The molecule has 0 radical (unpaired) electrons. The van der Waals surface area contributed by atoms with Crippen molar-refractivity contribution in [2.45, 2.75) is 39.8 Å². The number of nitrogens with zero attached hydrogens (tertiary/aromatic N) is 2. The summed E-state index contributed by atoms with van der Waals surface area (Å²) < 4.78 is 7.08. The maximum absolute atomic E-state index is 12.1. The predicted octanol–water partition coefficient (Wildman–Crippen LogP) is 2.57. The first-order valence-electron chi connectivity index (χ1n) is 7.74. The molecule has 1 heterocycles. The number of rotatable bonds is 7. The minimum atomic E-state index is -0.101. The van der Waals surface area contributed by atoms with Gasteiger partial charge in [-0.15, -0.1) is 0 Å². The van der Waals surface area contributed by atoms with Crippen LogP contribution < -0.4 is 16.0 Å². The highest BCUT2D eigenvalue weighted by Crippen LogP contribution is 2.20. The minimum absolute atomic E-state index is 0.101. The molecule has 22 heavy (non-hydrogen) atoms. The molecule has 5 heteroatoms. The van der Waals surface area contributed by atoms with Crippen LogP contribution >= 0.6 is 0 Å². The van der Waals surface area contributed by atoms with Gasteiger partial charge in [0.05, 0.1) is 12.3 Å². The van der Waals surface area contributed by atoms with E-state index in [-0.39, 0.29) is 12.1 Å². The maximum Gasteiger partial charge on any atom is 0.271 e. The Hall–Kier alpha value is -2.14. The van der Waals surface area contributed by atoms with E-state index in [0.29, 0.717) is 18.7 Å². The van der Waals surface area contributed by atoms with Crippen molar-refractivity contribution in [3.8, 4) is 17.0 Å². The van der Waals surface area contributed by atoms with Crippen molar-refractivity contribution in [1.29, 1.82) is 0 Å². The largest absolute Gasteiger partial charge is 0.494 e. The van der Waals surface area contributed by atoms with Crippen molar-refractivity contribution in [2.24, 2.45) is 5.73 Å². The molecule has 2 N–H and O–H groups in total. The van der Waals surface area contributed by atoms with Gasteiger partial charge in [-0.1, -0.05) is 13.8 Å². The molecule has 0 saturated carbocycles. The lowest BCUT2D eigenvalue weighted by molar-refractivity contribution is 0.317. The number of benzene rings is 1. The molecule has 5 nitrogen and oxygen atoms in total. The molecule has 0 amide bonds. The number of aryl methyl sites for hydroxylation is 1. The van der Waals surface area contributed by atoms with Gasteiger partial charge in [0.15, 0.2) is 0 Å². The molecule has 0 bridgehead atoms. The summed E-state index contributed by atoms with van der Waals surface area (Å²) in [6.07, 6.45) is 1.83. The van der Waals surface area contributed by atoms with Crippen LogP contribution in [0.2, 0.25) is 0 Å². The van der Waals surface area contributed by atoms with E-state index in [2.05, 4.69) is 12.0 Å². The van der Waals surface area contributed by atoms with Crippen molar-refractivity contribution in [1.82, 2.24) is 9.78 Å². The fraction of sp³-hybridized carbons (Fsp3) is 0.412. The van der Waals surface area contributed by atoms with Crippen molar-refractivity contribution >= 4 is 0 Å². The number of hydrogen-bond acceptors (Lipinski definition) is 4. The summed E-state index contributed by atoms with van der Waals surface area (Å²) in [6, 6.07) is 9.52. The Morgan fingerprint density at radius 2 is 1.91 bits per heavy atom. The fourth-order valence-electron chi connectivity index (χ4n) is 2.19. The Morgan fingerprint density at radius 3 is 2.50 bits per heavy atom. The highest BCUT2D eigenvalue weighted by atomic mass is 16.5. The molecule has 0 spiro atoms. The molecule has 0 aliphatic heterocycles. The maximum atomic E-state index is 12.1. The molecule has 0 atom stereocenters. The summed E-state index contributed by atoms with van der Waals surface area (Å²) in [6.45, 7) is 5.61. The molecule has 0 unspecified atom stereocenters. The lowest BCUT2D eigenvalue weighted by Gasteiger charge is -2.10. The zero-order chi connectivity index (χ0) is 15.9. The molecule has 0 aliphatic rings. The summed E-state index contributed by atoms with van der Waals surface area (Å²) in [5, 5.41) is 4.44. The number of hydrogen-bond donors (Lipinski definition) is 1. The van der Waals surface area contributed by atoms with Crippen LogP contribution in [0.15, 0.2) is 35.1 Å². The average molecular weight is 301 g/mol. The van der Waals surface area contributed by atoms with Gasteiger partial charge in [-0.05, 0) is 43.2 Å². The number of ether oxygens (including phenoxy) is 1. The second kappa shape index (κ2) is 7.75. The zero-order valence-corrected chi connectivity index (χ0v) is 13.2. The van der Waals surface area contributed by atoms with E-state index in [0.717, 1.165) is 29.8 Å². The van der Waals surface area contributed by atoms with Crippen LogP contribution in [0, 0.1) is 0 Å². The Morgan fingerprint density at radius 1 is 1.18 bits per heavy atom. The molecular formula is C17H23N3O2. The summed E-state index contributed by atoms with van der Waals surface area (Å²) in [7, 11) is 0. The van der Waals surface area contributed by atoms with Gasteiger partial charge < -0.3 is 10.5 Å². The van der Waals surface area contributed by atoms with E-state index < -0.39 is 0 Å². The lowest BCUT2D eigenvalue weighted by atomic mass is 10.1. The SMILES string of the molecule is CCCOc1ccc(-c2cc(CN)c(=O)n(CCC)n2)cc1. The number of aromatic nitrogens is 2. The van der Waals surface area contributed by atoms with Gasteiger partial charge in [-0.3, -0.25) is 4.79 Å². The summed E-state index contributed by atoms with van der Waals surface area (Å²) in [5.74, 6) is 0.839. The minimum Gasteiger partial charge on any atom is -0.494 e. The topological polar surface area (TPSA) is 70.1 Å². The fourth-order valence-corrected chi connectivity index (χ4v) is 2.19. The zero-order valence-electron chi connectivity index (χ0n) is 13.2. The lowest BCUT2D eigenvalue weighted by Crippen LogP contribution is -2.28. The molecule has 0 saturated heterocycles. The van der Waals surface area contributed by atoms with Crippen LogP contribution in [0.25, 0.3) is 11.3 Å². The van der Waals surface area contributed by atoms with Crippen LogP contribution in [0.5, 0.6) is 5.75 Å². The quantitative estimate of drug-likeness (QED) is 0.853. The van der Waals surface area contributed by atoms with Crippen LogP contribution in [0.1, 0.15) is 32.3 Å². The summed E-state index contributed by atoms with van der Waals surface area (Å²) >= 11 is 0. The van der Waals surface area contributed by atoms with E-state index in [1.165, 1.54) is 4.68 Å². The molecule has 0 fully saturated rings. The average Bonchev–Trinajstić information content (AvgIpc) is 2.55. The van der Waals surface area contributed by atoms with E-state index in [1.54, 1.807) is 6.07 Å². The molecule has 1 aromatic carbocycles. The molecule has 118 valence electrons. The first kappa shape index (κ1) is 16.2. The smallest absolute Gasteiger partial charge is 0.271 e. The van der Waals surface area contributed by atoms with Crippen LogP contribution in [0.4, 0.5) is 0 Å². The molecule has 1 aromatic heterocycles. The second-order valence-electron chi connectivity index (χ2n) is 5.16. The van der Waals surface area contributed by atoms with E-state index >= 15 is 0 Å². The van der Waals surface area contributed by atoms with Crippen LogP contribution in [-0.4, -0.2) is 16.4 Å². The third-order valence-corrected chi connectivity index (χ3v) is 3.33. The monoisotopic (exact) mass is 301 g/mol. The molecule has 0 aliphatic carbocycles. The first-order valence-corrected chi connectivity index (χ1v) is 7.74. The third-order valence-electron chi connectivity index (χ3n) is 3.33. The Labute approximate surface area is 130 Å². The standard InChI is InChI=1S/C17H23N3O2/c1-3-9-20-17(21)14(12-18)11-16(19-20)13-5-7-15(8-6-13)22-10-4-2/h5-8,11H,3-4,9-10,12,18H2,1-2H3. The van der Waals surface area contributed by atoms with Crippen molar-refractivity contribution in [2.75, 3.05) is 6.61 Å². The molecular weight excluding hydrogens is 278 g/mol. The Kier molecular flexibility index (Phi) is 5.72. The van der Waals surface area contributed by atoms with Crippen LogP contribution in [-0.2, 0) is 13.1 Å². The van der Waals surface area contributed by atoms with Gasteiger partial charge in [0.25, 0.3) is 5.56 Å². The van der Waals surface area contributed by atoms with Crippen molar-refractivity contribution < 1.29 is 4.74 Å². The van der Waals surface area contributed by atoms with Gasteiger partial charge in [0.1, 0.15) is 5.75 Å². The van der Waals surface area contributed by atoms with Gasteiger partial charge in [0, 0.05) is 24.2 Å².